The van der Waals surface area contributed by atoms with Crippen LogP contribution in [0.15, 0.2) is 21.5 Å². The number of allylic oxidation sites excluding steroid dienone is 1. The van der Waals surface area contributed by atoms with Gasteiger partial charge in [0.25, 0.3) is 0 Å². The summed E-state index contributed by atoms with van der Waals surface area (Å²) in [6, 6.07) is 1.50. The zero-order chi connectivity index (χ0) is 9.71. The first-order valence-electron chi connectivity index (χ1n) is 4.00. The van der Waals surface area contributed by atoms with Crippen LogP contribution in [-0.4, -0.2) is 15.9 Å². The lowest BCUT2D eigenvalue weighted by molar-refractivity contribution is 0.105. The van der Waals surface area contributed by atoms with Crippen molar-refractivity contribution in [3.05, 3.63) is 33.8 Å². The third kappa shape index (κ3) is 0.756. The lowest BCUT2D eigenvalue weighted by Crippen LogP contribution is -1.98. The molecule has 0 saturated heterocycles. The second-order valence-electron chi connectivity index (χ2n) is 3.01. The maximum atomic E-state index is 11.3. The smallest absolute Gasteiger partial charge is 0.336 e. The Balaban J connectivity index is 2.50. The molecule has 5 heteroatoms. The van der Waals surface area contributed by atoms with Gasteiger partial charge in [-0.25, -0.2) is 9.78 Å². The molecular formula is C9H4N2O3. The van der Waals surface area contributed by atoms with Gasteiger partial charge in [-0.1, -0.05) is 0 Å². The molecule has 2 aromatic rings. The number of hydrogen-bond acceptors (Lipinski definition) is 4. The number of rotatable bonds is 0. The highest BCUT2D eigenvalue weighted by atomic mass is 16.5. The van der Waals surface area contributed by atoms with E-state index in [1.54, 1.807) is 6.08 Å². The molecule has 14 heavy (non-hydrogen) atoms. The van der Waals surface area contributed by atoms with E-state index in [-0.39, 0.29) is 5.78 Å². The number of nitrogens with one attached hydrogen (secondary N) is 1. The second kappa shape index (κ2) is 2.20. The van der Waals surface area contributed by atoms with Gasteiger partial charge in [-0.05, 0) is 18.2 Å². The van der Waals surface area contributed by atoms with E-state index in [1.165, 1.54) is 12.1 Å². The van der Waals surface area contributed by atoms with Crippen molar-refractivity contribution < 1.29 is 9.32 Å². The second-order valence-corrected chi connectivity index (χ2v) is 3.01. The van der Waals surface area contributed by atoms with E-state index in [1.807, 2.05) is 0 Å². The summed E-state index contributed by atoms with van der Waals surface area (Å²) in [5.41, 5.74) is 0.882. The van der Waals surface area contributed by atoms with E-state index in [2.05, 4.69) is 14.7 Å². The van der Waals surface area contributed by atoms with Crippen molar-refractivity contribution in [2.24, 2.45) is 0 Å². The highest BCUT2D eigenvalue weighted by Crippen LogP contribution is 2.20. The molecule has 0 fully saturated rings. The first kappa shape index (κ1) is 7.25. The third-order valence-electron chi connectivity index (χ3n) is 2.17. The Labute approximate surface area is 77.0 Å². The summed E-state index contributed by atoms with van der Waals surface area (Å²) < 4.78 is 4.55. The van der Waals surface area contributed by atoms with Gasteiger partial charge < -0.3 is 4.52 Å². The number of ketones is 1. The summed E-state index contributed by atoms with van der Waals surface area (Å²) in [7, 11) is 0. The molecule has 0 atom stereocenters. The molecule has 0 spiro atoms. The van der Waals surface area contributed by atoms with Crippen LogP contribution in [0.4, 0.5) is 0 Å². The van der Waals surface area contributed by atoms with Gasteiger partial charge in [-0.15, -0.1) is 0 Å². The highest BCUT2D eigenvalue weighted by Gasteiger charge is 2.18. The van der Waals surface area contributed by atoms with Gasteiger partial charge in [0.15, 0.2) is 11.4 Å². The summed E-state index contributed by atoms with van der Waals surface area (Å²) in [5.74, 6) is -0.130. The number of hydrogen-bond donors (Lipinski definition) is 1. The van der Waals surface area contributed by atoms with Gasteiger partial charge in [-0.2, -0.15) is 5.16 Å². The lowest BCUT2D eigenvalue weighted by Gasteiger charge is -1.93. The van der Waals surface area contributed by atoms with Gasteiger partial charge in [0, 0.05) is 5.56 Å². The molecule has 1 aliphatic rings. The third-order valence-corrected chi connectivity index (χ3v) is 2.17. The molecule has 0 amide bonds. The molecule has 0 aromatic carbocycles. The number of pyridine rings is 1. The van der Waals surface area contributed by atoms with Crippen molar-refractivity contribution in [1.29, 1.82) is 0 Å². The molecule has 0 bridgehead atoms. The quantitative estimate of drug-likeness (QED) is 0.661. The van der Waals surface area contributed by atoms with Crippen LogP contribution in [-0.2, 0) is 0 Å². The number of H-pyrrole nitrogens is 1. The molecule has 0 radical (unpaired) electrons. The predicted molar refractivity (Wildman–Crippen MR) is 48.0 cm³/mol. The van der Waals surface area contributed by atoms with Gasteiger partial charge in [0.1, 0.15) is 5.39 Å². The van der Waals surface area contributed by atoms with Crippen molar-refractivity contribution in [2.75, 3.05) is 0 Å². The zero-order valence-corrected chi connectivity index (χ0v) is 6.90. The monoisotopic (exact) mass is 188 g/mol. The van der Waals surface area contributed by atoms with Crippen LogP contribution in [0.5, 0.6) is 0 Å². The van der Waals surface area contributed by atoms with Gasteiger partial charge in [-0.3, -0.25) is 4.79 Å². The van der Waals surface area contributed by atoms with E-state index >= 15 is 0 Å². The summed E-state index contributed by atoms with van der Waals surface area (Å²) in [6.07, 6.45) is 3.04. The molecule has 0 unspecified atom stereocenters. The van der Waals surface area contributed by atoms with Crippen LogP contribution in [0, 0.1) is 0 Å². The summed E-state index contributed by atoms with van der Waals surface area (Å²) in [6.45, 7) is 0. The van der Waals surface area contributed by atoms with Crippen molar-refractivity contribution in [1.82, 2.24) is 10.1 Å². The zero-order valence-electron chi connectivity index (χ0n) is 6.90. The molecule has 0 saturated carbocycles. The van der Waals surface area contributed by atoms with Crippen LogP contribution in [0.25, 0.3) is 17.1 Å². The van der Waals surface area contributed by atoms with E-state index in [0.717, 1.165) is 0 Å². The molecule has 1 N–H and O–H groups in total. The minimum absolute atomic E-state index is 0.130. The fourth-order valence-electron chi connectivity index (χ4n) is 1.48. The Bertz CT molecular complexity index is 633. The Kier molecular flexibility index (Phi) is 1.14. The van der Waals surface area contributed by atoms with E-state index < -0.39 is 5.63 Å². The number of aromatic nitrogens is 2. The van der Waals surface area contributed by atoms with Crippen LogP contribution >= 0.6 is 0 Å². The number of carbonyl (C=O) groups excluding carboxylic acids is 1. The van der Waals surface area contributed by atoms with E-state index in [0.29, 0.717) is 22.3 Å². The standard InChI is InChI=1S/C9H4N2O3/c12-7-2-1-6-4(7)3-5-8(10-6)11-14-9(5)13/h1-3H,(H,10,11). The number of nitrogens with zero attached hydrogens (tertiary/aromatic N) is 1. The minimum atomic E-state index is -0.505. The Hall–Kier alpha value is -2.17. The number of carbonyl (C=O) groups is 1. The number of aromatic amines is 1. The Morgan fingerprint density at radius 2 is 2.14 bits per heavy atom. The molecule has 3 rings (SSSR count). The first-order chi connectivity index (χ1) is 6.75. The molecule has 0 aliphatic heterocycles. The van der Waals surface area contributed by atoms with Crippen molar-refractivity contribution in [2.45, 2.75) is 0 Å². The van der Waals surface area contributed by atoms with Gasteiger partial charge >= 0.3 is 5.63 Å². The Morgan fingerprint density at radius 3 is 3.00 bits per heavy atom. The largest absolute Gasteiger partial charge is 0.366 e. The van der Waals surface area contributed by atoms with Crippen molar-refractivity contribution >= 4 is 22.9 Å². The van der Waals surface area contributed by atoms with Crippen LogP contribution < -0.4 is 5.63 Å². The van der Waals surface area contributed by atoms with E-state index in [9.17, 15) is 9.59 Å². The van der Waals surface area contributed by atoms with Gasteiger partial charge in [0.05, 0.1) is 5.69 Å². The highest BCUT2D eigenvalue weighted by molar-refractivity contribution is 6.14. The lowest BCUT2D eigenvalue weighted by atomic mass is 10.2. The normalized spacial score (nSPS) is 13.9. The Morgan fingerprint density at radius 1 is 1.29 bits per heavy atom. The van der Waals surface area contributed by atoms with E-state index in [4.69, 9.17) is 0 Å². The maximum Gasteiger partial charge on any atom is 0.366 e. The van der Waals surface area contributed by atoms with Crippen molar-refractivity contribution in [3.63, 3.8) is 0 Å². The molecule has 1 aliphatic carbocycles. The first-order valence-corrected chi connectivity index (χ1v) is 4.00. The summed E-state index contributed by atoms with van der Waals surface area (Å²) >= 11 is 0. The molecule has 5 nitrogen and oxygen atoms in total. The van der Waals surface area contributed by atoms with Crippen molar-refractivity contribution in [3.8, 4) is 0 Å². The topological polar surface area (TPSA) is 76.0 Å². The summed E-state index contributed by atoms with van der Waals surface area (Å²) in [5, 5.41) is 2.69. The van der Waals surface area contributed by atoms with Crippen LogP contribution in [0.3, 0.4) is 0 Å². The van der Waals surface area contributed by atoms with Gasteiger partial charge in [0.2, 0.25) is 0 Å². The summed E-state index contributed by atoms with van der Waals surface area (Å²) in [4.78, 5) is 26.5. The predicted octanol–water partition coefficient (Wildman–Crippen LogP) is 0.726. The molecule has 2 aromatic heterocycles. The minimum Gasteiger partial charge on any atom is -0.336 e. The maximum absolute atomic E-state index is 11.3. The fourth-order valence-corrected chi connectivity index (χ4v) is 1.48. The fraction of sp³-hybridized carbons (Fsp3) is 0. The average molecular weight is 188 g/mol. The SMILES string of the molecule is O=C1C=Cc2nc3[nH]oc(=O)c3cc21. The molecule has 68 valence electrons. The van der Waals surface area contributed by atoms with Crippen LogP contribution in [0.2, 0.25) is 0 Å². The average Bonchev–Trinajstić information content (AvgIpc) is 2.71. The van der Waals surface area contributed by atoms with Crippen LogP contribution in [0.1, 0.15) is 16.1 Å². The molecule has 2 heterocycles. The molecular weight excluding hydrogens is 184 g/mol. The number of fused-ring (bicyclic) bond motifs is 2.